The first kappa shape index (κ1) is 19.1. The molecule has 3 aromatic rings. The molecule has 1 fully saturated rings. The molecule has 2 heterocycles. The highest BCUT2D eigenvalue weighted by atomic mass is 35.5. The van der Waals surface area contributed by atoms with Gasteiger partial charge in [-0.15, -0.1) is 0 Å². The lowest BCUT2D eigenvalue weighted by atomic mass is 10.0. The molecule has 4 rings (SSSR count). The maximum Gasteiger partial charge on any atom is 0.129 e. The van der Waals surface area contributed by atoms with Gasteiger partial charge in [-0.3, -0.25) is 0 Å². The molecule has 1 saturated heterocycles. The summed E-state index contributed by atoms with van der Waals surface area (Å²) in [6.07, 6.45) is 0.328. The number of aliphatic hydroxyl groups excluding tert-OH is 1. The van der Waals surface area contributed by atoms with E-state index in [1.165, 1.54) is 0 Å². The zero-order valence-corrected chi connectivity index (χ0v) is 16.9. The maximum atomic E-state index is 10.4. The van der Waals surface area contributed by atoms with Crippen LogP contribution in [0.4, 0.5) is 5.82 Å². The fourth-order valence-corrected chi connectivity index (χ4v) is 4.15. The number of aryl methyl sites for hydroxylation is 1. The molecule has 0 spiro atoms. The molecular formula is C22H20Cl2N2O2. The van der Waals surface area contributed by atoms with Gasteiger partial charge < -0.3 is 15.1 Å². The number of hydrogen-bond acceptors (Lipinski definition) is 4. The topological polar surface area (TPSA) is 56.6 Å². The van der Waals surface area contributed by atoms with Crippen molar-refractivity contribution in [1.29, 1.82) is 0 Å². The van der Waals surface area contributed by atoms with Crippen molar-refractivity contribution in [2.45, 2.75) is 19.4 Å². The molecule has 144 valence electrons. The Bertz CT molecular complexity index is 1020. The van der Waals surface area contributed by atoms with Crippen LogP contribution in [0.1, 0.15) is 12.0 Å². The molecule has 2 N–H and O–H groups in total. The number of β-amino-alcohol motifs (C(OH)–C–C–N with tert-alkyl or cyclic N) is 1. The number of aromatic nitrogens is 1. The van der Waals surface area contributed by atoms with Crippen molar-refractivity contribution in [1.82, 2.24) is 4.98 Å². The summed E-state index contributed by atoms with van der Waals surface area (Å²) < 4.78 is 0. The number of anilines is 1. The molecule has 1 aromatic heterocycles. The maximum absolute atomic E-state index is 10.4. The van der Waals surface area contributed by atoms with Gasteiger partial charge in [-0.2, -0.15) is 0 Å². The van der Waals surface area contributed by atoms with Crippen LogP contribution in [-0.2, 0) is 0 Å². The third-order valence-electron chi connectivity index (χ3n) is 4.98. The van der Waals surface area contributed by atoms with Crippen LogP contribution >= 0.6 is 23.2 Å². The Labute approximate surface area is 174 Å². The highest BCUT2D eigenvalue weighted by Crippen LogP contribution is 2.39. The summed E-state index contributed by atoms with van der Waals surface area (Å²) in [5, 5.41) is 21.5. The number of pyridine rings is 1. The molecule has 28 heavy (non-hydrogen) atoms. The Balaban J connectivity index is 1.92. The second kappa shape index (κ2) is 7.63. The SMILES string of the molecule is Cc1ccc(O)c(-c2cc(-c3c(Cl)cccc3Cl)cc(N3CCC(O)C3)n2)c1. The van der Waals surface area contributed by atoms with E-state index in [1.54, 1.807) is 24.3 Å². The largest absolute Gasteiger partial charge is 0.507 e. The van der Waals surface area contributed by atoms with Gasteiger partial charge in [-0.05, 0) is 55.3 Å². The zero-order chi connectivity index (χ0) is 19.8. The number of halogens is 2. The van der Waals surface area contributed by atoms with E-state index in [2.05, 4.69) is 0 Å². The minimum atomic E-state index is -0.370. The summed E-state index contributed by atoms with van der Waals surface area (Å²) in [5.74, 6) is 0.883. The molecule has 1 aliphatic heterocycles. The van der Waals surface area contributed by atoms with Crippen LogP contribution in [0.15, 0.2) is 48.5 Å². The molecule has 0 amide bonds. The molecule has 0 saturated carbocycles. The van der Waals surface area contributed by atoms with E-state index < -0.39 is 0 Å². The number of rotatable bonds is 3. The Morgan fingerprint density at radius 1 is 1.07 bits per heavy atom. The first-order chi connectivity index (χ1) is 13.4. The van der Waals surface area contributed by atoms with Crippen LogP contribution in [0, 0.1) is 6.92 Å². The minimum Gasteiger partial charge on any atom is -0.507 e. The average Bonchev–Trinajstić information content (AvgIpc) is 3.10. The monoisotopic (exact) mass is 414 g/mol. The van der Waals surface area contributed by atoms with E-state index in [0.717, 1.165) is 22.5 Å². The van der Waals surface area contributed by atoms with E-state index >= 15 is 0 Å². The Hall–Kier alpha value is -2.27. The van der Waals surface area contributed by atoms with Crippen molar-refractivity contribution in [3.8, 4) is 28.1 Å². The molecule has 0 radical (unpaired) electrons. The smallest absolute Gasteiger partial charge is 0.129 e. The van der Waals surface area contributed by atoms with Gasteiger partial charge in [-0.25, -0.2) is 4.98 Å². The van der Waals surface area contributed by atoms with Crippen LogP contribution < -0.4 is 4.90 Å². The number of phenols is 1. The van der Waals surface area contributed by atoms with Gasteiger partial charge in [0.05, 0.1) is 11.8 Å². The van der Waals surface area contributed by atoms with Crippen molar-refractivity contribution < 1.29 is 10.2 Å². The van der Waals surface area contributed by atoms with Gasteiger partial charge in [0, 0.05) is 34.3 Å². The second-order valence-electron chi connectivity index (χ2n) is 7.11. The van der Waals surface area contributed by atoms with Crippen molar-refractivity contribution >= 4 is 29.0 Å². The van der Waals surface area contributed by atoms with Crippen LogP contribution in [-0.4, -0.2) is 34.4 Å². The lowest BCUT2D eigenvalue weighted by Crippen LogP contribution is -2.22. The minimum absolute atomic E-state index is 0.160. The van der Waals surface area contributed by atoms with E-state index in [-0.39, 0.29) is 11.9 Å². The summed E-state index contributed by atoms with van der Waals surface area (Å²) in [6.45, 7) is 3.20. The first-order valence-electron chi connectivity index (χ1n) is 9.12. The molecule has 4 nitrogen and oxygen atoms in total. The number of hydrogen-bond donors (Lipinski definition) is 2. The van der Waals surface area contributed by atoms with Gasteiger partial charge in [0.1, 0.15) is 11.6 Å². The fourth-order valence-electron chi connectivity index (χ4n) is 3.54. The number of nitrogens with zero attached hydrogens (tertiary/aromatic N) is 2. The van der Waals surface area contributed by atoms with Crippen molar-refractivity contribution in [2.24, 2.45) is 0 Å². The van der Waals surface area contributed by atoms with Gasteiger partial charge in [0.15, 0.2) is 0 Å². The Kier molecular flexibility index (Phi) is 5.19. The van der Waals surface area contributed by atoms with Gasteiger partial charge >= 0.3 is 0 Å². The van der Waals surface area contributed by atoms with E-state index in [1.807, 2.05) is 36.1 Å². The van der Waals surface area contributed by atoms with Crippen LogP contribution in [0.5, 0.6) is 5.75 Å². The molecule has 1 atom stereocenters. The normalized spacial score (nSPS) is 16.6. The molecule has 6 heteroatoms. The second-order valence-corrected chi connectivity index (χ2v) is 7.92. The molecule has 0 bridgehead atoms. The van der Waals surface area contributed by atoms with Gasteiger partial charge in [-0.1, -0.05) is 40.9 Å². The summed E-state index contributed by atoms with van der Waals surface area (Å²) in [4.78, 5) is 6.81. The lowest BCUT2D eigenvalue weighted by molar-refractivity contribution is 0.198. The summed E-state index contributed by atoms with van der Waals surface area (Å²) in [7, 11) is 0. The highest BCUT2D eigenvalue weighted by molar-refractivity contribution is 6.39. The standard InChI is InChI=1S/C22H20Cl2N2O2/c1-13-5-6-20(28)16(9-13)19-10-14(22-17(23)3-2-4-18(22)24)11-21(25-19)26-8-7-15(27)12-26/h2-6,9-11,15,27-28H,7-8,12H2,1H3. The molecule has 1 aliphatic rings. The Morgan fingerprint density at radius 2 is 1.82 bits per heavy atom. The van der Waals surface area contributed by atoms with Crippen LogP contribution in [0.25, 0.3) is 22.4 Å². The average molecular weight is 415 g/mol. The Morgan fingerprint density at radius 3 is 2.50 bits per heavy atom. The highest BCUT2D eigenvalue weighted by Gasteiger charge is 2.23. The summed E-state index contributed by atoms with van der Waals surface area (Å²) in [5.41, 5.74) is 3.84. The third-order valence-corrected chi connectivity index (χ3v) is 5.61. The summed E-state index contributed by atoms with van der Waals surface area (Å²) in [6, 6.07) is 14.6. The number of benzene rings is 2. The quantitative estimate of drug-likeness (QED) is 0.609. The van der Waals surface area contributed by atoms with Crippen molar-refractivity contribution in [3.63, 3.8) is 0 Å². The predicted molar refractivity (Wildman–Crippen MR) is 114 cm³/mol. The first-order valence-corrected chi connectivity index (χ1v) is 9.87. The molecule has 2 aromatic carbocycles. The van der Waals surface area contributed by atoms with E-state index in [0.29, 0.717) is 40.8 Å². The van der Waals surface area contributed by atoms with Gasteiger partial charge in [0.25, 0.3) is 0 Å². The number of aromatic hydroxyl groups is 1. The van der Waals surface area contributed by atoms with Crippen LogP contribution in [0.3, 0.4) is 0 Å². The van der Waals surface area contributed by atoms with Crippen LogP contribution in [0.2, 0.25) is 10.0 Å². The van der Waals surface area contributed by atoms with E-state index in [9.17, 15) is 10.2 Å². The molecular weight excluding hydrogens is 395 g/mol. The number of aliphatic hydroxyl groups is 1. The summed E-state index contributed by atoms with van der Waals surface area (Å²) >= 11 is 12.9. The van der Waals surface area contributed by atoms with E-state index in [4.69, 9.17) is 28.2 Å². The number of phenolic OH excluding ortho intramolecular Hbond substituents is 1. The predicted octanol–water partition coefficient (Wildman–Crippen LogP) is 5.31. The zero-order valence-electron chi connectivity index (χ0n) is 15.4. The van der Waals surface area contributed by atoms with Gasteiger partial charge in [0.2, 0.25) is 0 Å². The third kappa shape index (κ3) is 3.68. The van der Waals surface area contributed by atoms with Crippen molar-refractivity contribution in [3.05, 3.63) is 64.1 Å². The molecule has 0 aliphatic carbocycles. The fraction of sp³-hybridized carbons (Fsp3) is 0.227. The molecule has 1 unspecified atom stereocenters. The van der Waals surface area contributed by atoms with Crippen molar-refractivity contribution in [2.75, 3.05) is 18.0 Å². The lowest BCUT2D eigenvalue weighted by Gasteiger charge is -2.20.